The van der Waals surface area contributed by atoms with Crippen LogP contribution >= 0.6 is 11.3 Å². The van der Waals surface area contributed by atoms with Gasteiger partial charge < -0.3 is 10.2 Å². The Kier molecular flexibility index (Phi) is 5.08. The summed E-state index contributed by atoms with van der Waals surface area (Å²) in [6.45, 7) is 7.09. The summed E-state index contributed by atoms with van der Waals surface area (Å²) in [6, 6.07) is 0.791. The van der Waals surface area contributed by atoms with Gasteiger partial charge in [0.1, 0.15) is 0 Å². The highest BCUT2D eigenvalue weighted by molar-refractivity contribution is 7.11. The van der Waals surface area contributed by atoms with Crippen molar-refractivity contribution in [1.29, 1.82) is 0 Å². The quantitative estimate of drug-likeness (QED) is 0.798. The van der Waals surface area contributed by atoms with Gasteiger partial charge in [-0.05, 0) is 45.2 Å². The van der Waals surface area contributed by atoms with E-state index in [0.29, 0.717) is 0 Å². The summed E-state index contributed by atoms with van der Waals surface area (Å²) in [6.07, 6.45) is 8.98. The Morgan fingerprint density at radius 1 is 1.25 bits per heavy atom. The van der Waals surface area contributed by atoms with Gasteiger partial charge in [-0.1, -0.05) is 13.3 Å². The molecule has 112 valence electrons. The molecule has 0 bridgehead atoms. The molecule has 20 heavy (non-hydrogen) atoms. The molecule has 1 aromatic heterocycles. The van der Waals surface area contributed by atoms with Crippen LogP contribution in [0.4, 0.5) is 0 Å². The van der Waals surface area contributed by atoms with E-state index in [1.165, 1.54) is 67.3 Å². The summed E-state index contributed by atoms with van der Waals surface area (Å²) in [7, 11) is 0. The molecule has 0 aromatic carbocycles. The van der Waals surface area contributed by atoms with Crippen LogP contribution in [0.1, 0.15) is 54.6 Å². The Labute approximate surface area is 126 Å². The molecule has 1 aromatic rings. The Hall–Kier alpha value is -0.450. The van der Waals surface area contributed by atoms with Crippen LogP contribution in [0.5, 0.6) is 0 Å². The van der Waals surface area contributed by atoms with Crippen molar-refractivity contribution in [1.82, 2.24) is 15.2 Å². The van der Waals surface area contributed by atoms with E-state index in [9.17, 15) is 0 Å². The molecule has 4 heteroatoms. The maximum atomic E-state index is 4.91. The largest absolute Gasteiger partial charge is 0.309 e. The van der Waals surface area contributed by atoms with Crippen LogP contribution in [-0.2, 0) is 19.4 Å². The molecule has 3 rings (SSSR count). The zero-order chi connectivity index (χ0) is 13.8. The normalized spacial score (nSPS) is 19.9. The maximum absolute atomic E-state index is 4.91. The van der Waals surface area contributed by atoms with E-state index >= 15 is 0 Å². The highest BCUT2D eigenvalue weighted by Gasteiger charge is 2.21. The van der Waals surface area contributed by atoms with Gasteiger partial charge in [-0.25, -0.2) is 4.98 Å². The molecule has 2 fully saturated rings. The average molecular weight is 293 g/mol. The molecule has 1 saturated heterocycles. The topological polar surface area (TPSA) is 28.2 Å². The minimum atomic E-state index is 0.791. The van der Waals surface area contributed by atoms with Gasteiger partial charge >= 0.3 is 0 Å². The molecule has 0 unspecified atom stereocenters. The number of rotatable bonds is 8. The Bertz CT molecular complexity index is 419. The summed E-state index contributed by atoms with van der Waals surface area (Å²) >= 11 is 1.95. The number of nitrogens with one attached hydrogen (secondary N) is 1. The van der Waals surface area contributed by atoms with Crippen LogP contribution in [-0.4, -0.2) is 35.6 Å². The number of likely N-dealkylation sites (tertiary alicyclic amines) is 1. The first kappa shape index (κ1) is 14.5. The highest BCUT2D eigenvalue weighted by atomic mass is 32.1. The van der Waals surface area contributed by atoms with Crippen molar-refractivity contribution in [2.45, 2.75) is 64.5 Å². The zero-order valence-corrected chi connectivity index (χ0v) is 13.5. The Morgan fingerprint density at radius 2 is 2.05 bits per heavy atom. The summed E-state index contributed by atoms with van der Waals surface area (Å²) in [5.74, 6) is 0. The summed E-state index contributed by atoms with van der Waals surface area (Å²) in [5.41, 5.74) is 1.36. The number of hydrogen-bond donors (Lipinski definition) is 1. The number of thiazole rings is 1. The van der Waals surface area contributed by atoms with Crippen LogP contribution in [0.2, 0.25) is 0 Å². The second kappa shape index (κ2) is 7.01. The van der Waals surface area contributed by atoms with Crippen LogP contribution in [0.15, 0.2) is 0 Å². The molecule has 0 amide bonds. The fourth-order valence-electron chi connectivity index (χ4n) is 2.90. The lowest BCUT2D eigenvalue weighted by molar-refractivity contribution is 0.343. The van der Waals surface area contributed by atoms with Crippen LogP contribution in [0.3, 0.4) is 0 Å². The van der Waals surface area contributed by atoms with Gasteiger partial charge in [0.25, 0.3) is 0 Å². The van der Waals surface area contributed by atoms with E-state index in [2.05, 4.69) is 17.1 Å². The highest BCUT2D eigenvalue weighted by Crippen LogP contribution is 2.24. The Morgan fingerprint density at radius 3 is 2.75 bits per heavy atom. The molecule has 0 spiro atoms. The SMILES string of the molecule is CCCc1nc(CCN2CCCC2)sc1CNC1CC1. The summed E-state index contributed by atoms with van der Waals surface area (Å²) < 4.78 is 0. The van der Waals surface area contributed by atoms with Crippen molar-refractivity contribution >= 4 is 11.3 Å². The van der Waals surface area contributed by atoms with E-state index < -0.39 is 0 Å². The van der Waals surface area contributed by atoms with Crippen LogP contribution in [0, 0.1) is 0 Å². The van der Waals surface area contributed by atoms with Crippen molar-refractivity contribution in [3.8, 4) is 0 Å². The first-order chi connectivity index (χ1) is 9.85. The third-order valence-corrected chi connectivity index (χ3v) is 5.44. The first-order valence-corrected chi connectivity index (χ1v) is 9.10. The van der Waals surface area contributed by atoms with Gasteiger partial charge in [-0.15, -0.1) is 11.3 Å². The van der Waals surface area contributed by atoms with E-state index in [4.69, 9.17) is 4.98 Å². The molecule has 2 heterocycles. The number of hydrogen-bond acceptors (Lipinski definition) is 4. The molecular weight excluding hydrogens is 266 g/mol. The second-order valence-corrected chi connectivity index (χ2v) is 7.35. The molecule has 0 atom stereocenters. The van der Waals surface area contributed by atoms with Crippen molar-refractivity contribution in [3.63, 3.8) is 0 Å². The molecule has 1 aliphatic heterocycles. The standard InChI is InChI=1S/C16H27N3S/c1-2-5-14-15(12-17-13-6-7-13)20-16(18-14)8-11-19-9-3-4-10-19/h13,17H,2-12H2,1H3. The van der Waals surface area contributed by atoms with Gasteiger partial charge in [-0.2, -0.15) is 0 Å². The lowest BCUT2D eigenvalue weighted by Gasteiger charge is -2.12. The predicted molar refractivity (Wildman–Crippen MR) is 85.3 cm³/mol. The van der Waals surface area contributed by atoms with Gasteiger partial charge in [0.05, 0.1) is 10.7 Å². The van der Waals surface area contributed by atoms with Crippen molar-refractivity contribution in [3.05, 3.63) is 15.6 Å². The predicted octanol–water partition coefficient (Wildman–Crippen LogP) is 2.99. The molecule has 3 nitrogen and oxygen atoms in total. The van der Waals surface area contributed by atoms with Crippen LogP contribution < -0.4 is 5.32 Å². The lowest BCUT2D eigenvalue weighted by Crippen LogP contribution is -2.21. The monoisotopic (exact) mass is 293 g/mol. The maximum Gasteiger partial charge on any atom is 0.0944 e. The van der Waals surface area contributed by atoms with Crippen molar-refractivity contribution < 1.29 is 0 Å². The van der Waals surface area contributed by atoms with Crippen LogP contribution in [0.25, 0.3) is 0 Å². The molecule has 1 saturated carbocycles. The zero-order valence-electron chi connectivity index (χ0n) is 12.7. The molecule has 1 N–H and O–H groups in total. The molecular formula is C16H27N3S. The first-order valence-electron chi connectivity index (χ1n) is 8.28. The second-order valence-electron chi connectivity index (χ2n) is 6.18. The molecule has 2 aliphatic rings. The van der Waals surface area contributed by atoms with E-state index in [1.807, 2.05) is 11.3 Å². The fraction of sp³-hybridized carbons (Fsp3) is 0.812. The third kappa shape index (κ3) is 4.03. The van der Waals surface area contributed by atoms with Crippen molar-refractivity contribution in [2.24, 2.45) is 0 Å². The summed E-state index contributed by atoms with van der Waals surface area (Å²) in [5, 5.41) is 5.00. The van der Waals surface area contributed by atoms with Crippen molar-refractivity contribution in [2.75, 3.05) is 19.6 Å². The lowest BCUT2D eigenvalue weighted by atomic mass is 10.2. The average Bonchev–Trinajstić information content (AvgIpc) is 2.98. The third-order valence-electron chi connectivity index (χ3n) is 4.28. The van der Waals surface area contributed by atoms with E-state index in [0.717, 1.165) is 25.4 Å². The smallest absolute Gasteiger partial charge is 0.0944 e. The minimum Gasteiger partial charge on any atom is -0.309 e. The summed E-state index contributed by atoms with van der Waals surface area (Å²) in [4.78, 5) is 8.99. The number of aromatic nitrogens is 1. The molecule has 0 radical (unpaired) electrons. The molecule has 1 aliphatic carbocycles. The number of aryl methyl sites for hydroxylation is 1. The van der Waals surface area contributed by atoms with Gasteiger partial charge in [0, 0.05) is 30.4 Å². The van der Waals surface area contributed by atoms with Gasteiger partial charge in [0.2, 0.25) is 0 Å². The fourth-order valence-corrected chi connectivity index (χ4v) is 3.95. The van der Waals surface area contributed by atoms with Gasteiger partial charge in [0.15, 0.2) is 0 Å². The Balaban J connectivity index is 1.56. The minimum absolute atomic E-state index is 0.791. The van der Waals surface area contributed by atoms with E-state index in [1.54, 1.807) is 0 Å². The van der Waals surface area contributed by atoms with E-state index in [-0.39, 0.29) is 0 Å². The van der Waals surface area contributed by atoms with Gasteiger partial charge in [-0.3, -0.25) is 0 Å². The number of nitrogens with zero attached hydrogens (tertiary/aromatic N) is 2.